The lowest BCUT2D eigenvalue weighted by Crippen LogP contribution is -2.19. The molecule has 2 rings (SSSR count). The van der Waals surface area contributed by atoms with Crippen molar-refractivity contribution in [2.45, 2.75) is 39.8 Å². The normalized spacial score (nSPS) is 12.7. The number of hydrogen-bond donors (Lipinski definition) is 1. The van der Waals surface area contributed by atoms with Crippen LogP contribution in [0.4, 0.5) is 0 Å². The van der Waals surface area contributed by atoms with E-state index < -0.39 is 0 Å². The smallest absolute Gasteiger partial charge is 0.144 e. The van der Waals surface area contributed by atoms with Crippen LogP contribution in [0.15, 0.2) is 24.5 Å². The van der Waals surface area contributed by atoms with Crippen molar-refractivity contribution in [3.63, 3.8) is 0 Å². The van der Waals surface area contributed by atoms with Crippen LogP contribution in [0, 0.1) is 13.8 Å². The van der Waals surface area contributed by atoms with E-state index in [4.69, 9.17) is 5.73 Å². The zero-order chi connectivity index (χ0) is 13.1. The van der Waals surface area contributed by atoms with Gasteiger partial charge < -0.3 is 5.73 Å². The van der Waals surface area contributed by atoms with E-state index in [1.54, 1.807) is 6.33 Å². The molecule has 2 N–H and O–H groups in total. The Kier molecular flexibility index (Phi) is 3.77. The summed E-state index contributed by atoms with van der Waals surface area (Å²) >= 11 is 0. The van der Waals surface area contributed by atoms with Gasteiger partial charge in [-0.25, -0.2) is 9.67 Å². The second-order valence-corrected chi connectivity index (χ2v) is 4.66. The number of hydrogen-bond acceptors (Lipinski definition) is 3. The quantitative estimate of drug-likeness (QED) is 0.896. The Morgan fingerprint density at radius 1 is 1.28 bits per heavy atom. The molecule has 1 aromatic carbocycles. The summed E-state index contributed by atoms with van der Waals surface area (Å²) in [5.41, 5.74) is 10.1. The van der Waals surface area contributed by atoms with E-state index in [9.17, 15) is 0 Å². The Hall–Kier alpha value is -1.68. The van der Waals surface area contributed by atoms with Crippen LogP contribution in [0.1, 0.15) is 35.5 Å². The molecule has 1 unspecified atom stereocenters. The highest BCUT2D eigenvalue weighted by Crippen LogP contribution is 2.16. The second-order valence-electron chi connectivity index (χ2n) is 4.66. The van der Waals surface area contributed by atoms with Gasteiger partial charge in [-0.3, -0.25) is 0 Å². The monoisotopic (exact) mass is 244 g/mol. The number of benzene rings is 1. The average molecular weight is 244 g/mol. The maximum atomic E-state index is 6.21. The molecule has 4 heteroatoms. The maximum absolute atomic E-state index is 6.21. The van der Waals surface area contributed by atoms with E-state index in [0.29, 0.717) is 0 Å². The summed E-state index contributed by atoms with van der Waals surface area (Å²) < 4.78 is 1.85. The molecule has 0 saturated heterocycles. The molecule has 0 bridgehead atoms. The minimum atomic E-state index is -0.102. The van der Waals surface area contributed by atoms with Crippen LogP contribution in [0.3, 0.4) is 0 Å². The first-order chi connectivity index (χ1) is 8.61. The van der Waals surface area contributed by atoms with Crippen molar-refractivity contribution in [1.82, 2.24) is 14.8 Å². The fourth-order valence-electron chi connectivity index (χ4n) is 2.08. The van der Waals surface area contributed by atoms with Gasteiger partial charge in [-0.05, 0) is 43.9 Å². The SMILES string of the molecule is CCn1ncnc1C(N)Cc1ccc(C)c(C)c1. The van der Waals surface area contributed by atoms with Crippen molar-refractivity contribution in [1.29, 1.82) is 0 Å². The number of nitrogens with two attached hydrogens (primary N) is 1. The third-order valence-electron chi connectivity index (χ3n) is 3.30. The molecular weight excluding hydrogens is 224 g/mol. The largest absolute Gasteiger partial charge is 0.321 e. The molecule has 0 saturated carbocycles. The summed E-state index contributed by atoms with van der Waals surface area (Å²) in [6.45, 7) is 7.09. The molecule has 0 fully saturated rings. The topological polar surface area (TPSA) is 56.7 Å². The standard InChI is InChI=1S/C14H20N4/c1-4-18-14(16-9-17-18)13(15)8-12-6-5-10(2)11(3)7-12/h5-7,9,13H,4,8,15H2,1-3H3. The molecule has 0 aliphatic rings. The van der Waals surface area contributed by atoms with Crippen LogP contribution in [0.25, 0.3) is 0 Å². The lowest BCUT2D eigenvalue weighted by molar-refractivity contribution is 0.557. The molecule has 2 aromatic rings. The Balaban J connectivity index is 2.16. The minimum Gasteiger partial charge on any atom is -0.321 e. The Labute approximate surface area is 108 Å². The molecular formula is C14H20N4. The van der Waals surface area contributed by atoms with Crippen molar-refractivity contribution in [3.05, 3.63) is 47.0 Å². The Morgan fingerprint density at radius 3 is 2.72 bits per heavy atom. The van der Waals surface area contributed by atoms with Gasteiger partial charge >= 0.3 is 0 Å². The highest BCUT2D eigenvalue weighted by atomic mass is 15.3. The highest BCUT2D eigenvalue weighted by molar-refractivity contribution is 5.30. The molecule has 0 radical (unpaired) electrons. The van der Waals surface area contributed by atoms with Crippen molar-refractivity contribution in [2.75, 3.05) is 0 Å². The fourth-order valence-corrected chi connectivity index (χ4v) is 2.08. The van der Waals surface area contributed by atoms with Gasteiger partial charge in [0, 0.05) is 6.54 Å². The number of rotatable bonds is 4. The summed E-state index contributed by atoms with van der Waals surface area (Å²) in [5, 5.41) is 4.15. The van der Waals surface area contributed by atoms with Crippen LogP contribution in [-0.2, 0) is 13.0 Å². The van der Waals surface area contributed by atoms with Crippen molar-refractivity contribution in [2.24, 2.45) is 5.73 Å². The van der Waals surface area contributed by atoms with Gasteiger partial charge in [0.25, 0.3) is 0 Å². The molecule has 0 spiro atoms. The van der Waals surface area contributed by atoms with E-state index in [2.05, 4.69) is 42.1 Å². The van der Waals surface area contributed by atoms with E-state index in [-0.39, 0.29) is 6.04 Å². The molecule has 1 heterocycles. The van der Waals surface area contributed by atoms with Crippen LogP contribution in [0.5, 0.6) is 0 Å². The van der Waals surface area contributed by atoms with Gasteiger partial charge in [-0.2, -0.15) is 5.10 Å². The first-order valence-electron chi connectivity index (χ1n) is 6.31. The first kappa shape index (κ1) is 12.8. The van der Waals surface area contributed by atoms with Crippen molar-refractivity contribution in [3.8, 4) is 0 Å². The predicted octanol–water partition coefficient (Wildman–Crippen LogP) is 2.16. The summed E-state index contributed by atoms with van der Waals surface area (Å²) in [4.78, 5) is 4.25. The zero-order valence-corrected chi connectivity index (χ0v) is 11.2. The van der Waals surface area contributed by atoms with E-state index in [1.807, 2.05) is 11.6 Å². The number of aryl methyl sites for hydroxylation is 3. The molecule has 1 aromatic heterocycles. The summed E-state index contributed by atoms with van der Waals surface area (Å²) in [6, 6.07) is 6.37. The first-order valence-corrected chi connectivity index (χ1v) is 6.31. The maximum Gasteiger partial charge on any atom is 0.144 e. The minimum absolute atomic E-state index is 0.102. The van der Waals surface area contributed by atoms with Crippen LogP contribution >= 0.6 is 0 Å². The van der Waals surface area contributed by atoms with Gasteiger partial charge in [0.05, 0.1) is 6.04 Å². The number of aromatic nitrogens is 3. The molecule has 0 amide bonds. The Bertz CT molecular complexity index is 530. The van der Waals surface area contributed by atoms with Gasteiger partial charge in [-0.1, -0.05) is 18.2 Å². The van der Waals surface area contributed by atoms with Crippen molar-refractivity contribution >= 4 is 0 Å². The molecule has 0 aliphatic heterocycles. The Morgan fingerprint density at radius 2 is 2.06 bits per heavy atom. The fraction of sp³-hybridized carbons (Fsp3) is 0.429. The van der Waals surface area contributed by atoms with Gasteiger partial charge in [0.1, 0.15) is 12.2 Å². The molecule has 4 nitrogen and oxygen atoms in total. The molecule has 18 heavy (non-hydrogen) atoms. The van der Waals surface area contributed by atoms with E-state index in [0.717, 1.165) is 18.8 Å². The lowest BCUT2D eigenvalue weighted by atomic mass is 10.0. The van der Waals surface area contributed by atoms with Gasteiger partial charge in [-0.15, -0.1) is 0 Å². The lowest BCUT2D eigenvalue weighted by Gasteiger charge is -2.13. The summed E-state index contributed by atoms with van der Waals surface area (Å²) in [6.07, 6.45) is 2.36. The zero-order valence-electron chi connectivity index (χ0n) is 11.2. The van der Waals surface area contributed by atoms with E-state index >= 15 is 0 Å². The van der Waals surface area contributed by atoms with Gasteiger partial charge in [0.2, 0.25) is 0 Å². The summed E-state index contributed by atoms with van der Waals surface area (Å²) in [7, 11) is 0. The highest BCUT2D eigenvalue weighted by Gasteiger charge is 2.13. The van der Waals surface area contributed by atoms with Crippen molar-refractivity contribution < 1.29 is 0 Å². The van der Waals surface area contributed by atoms with Crippen LogP contribution in [-0.4, -0.2) is 14.8 Å². The van der Waals surface area contributed by atoms with Crippen LogP contribution in [0.2, 0.25) is 0 Å². The second kappa shape index (κ2) is 5.31. The molecule has 1 atom stereocenters. The third kappa shape index (κ3) is 2.59. The predicted molar refractivity (Wildman–Crippen MR) is 72.2 cm³/mol. The molecule has 0 aliphatic carbocycles. The third-order valence-corrected chi connectivity index (χ3v) is 3.30. The van der Waals surface area contributed by atoms with Gasteiger partial charge in [0.15, 0.2) is 0 Å². The van der Waals surface area contributed by atoms with E-state index in [1.165, 1.54) is 16.7 Å². The summed E-state index contributed by atoms with van der Waals surface area (Å²) in [5.74, 6) is 0.857. The molecule has 96 valence electrons. The van der Waals surface area contributed by atoms with Crippen LogP contribution < -0.4 is 5.73 Å². The number of nitrogens with zero attached hydrogens (tertiary/aromatic N) is 3. The average Bonchev–Trinajstić information content (AvgIpc) is 2.82.